The van der Waals surface area contributed by atoms with Crippen LogP contribution in [0.3, 0.4) is 0 Å². The van der Waals surface area contributed by atoms with Gasteiger partial charge < -0.3 is 9.47 Å². The number of nitrogens with zero attached hydrogens (tertiary/aromatic N) is 2. The molecule has 1 heterocycles. The predicted octanol–water partition coefficient (Wildman–Crippen LogP) is 6.12. The number of ether oxygens (including phenoxy) is 2. The number of nitro benzene ring substituents is 1. The number of amides is 1. The molecule has 35 heavy (non-hydrogen) atoms. The minimum absolute atomic E-state index is 0.0344. The summed E-state index contributed by atoms with van der Waals surface area (Å²) in [5.74, 6) is 0.724. The van der Waals surface area contributed by atoms with Crippen LogP contribution in [0, 0.1) is 17.0 Å². The lowest BCUT2D eigenvalue weighted by Gasteiger charge is -2.11. The first-order valence-electron chi connectivity index (χ1n) is 10.4. The Morgan fingerprint density at radius 1 is 1.20 bits per heavy atom. The van der Waals surface area contributed by atoms with Crippen LogP contribution in [-0.2, 0) is 6.61 Å². The van der Waals surface area contributed by atoms with Gasteiger partial charge in [0.25, 0.3) is 11.6 Å². The second kappa shape index (κ2) is 10.5. The number of hydrogen-bond acceptors (Lipinski definition) is 7. The van der Waals surface area contributed by atoms with Crippen LogP contribution in [0.15, 0.2) is 65.8 Å². The van der Waals surface area contributed by atoms with Crippen molar-refractivity contribution in [2.24, 2.45) is 5.10 Å². The second-order valence-electron chi connectivity index (χ2n) is 7.51. The molecule has 10 heteroatoms. The van der Waals surface area contributed by atoms with E-state index in [0.717, 1.165) is 15.6 Å². The molecule has 0 radical (unpaired) electrons. The molecule has 0 saturated heterocycles. The van der Waals surface area contributed by atoms with Crippen LogP contribution < -0.4 is 14.9 Å². The fourth-order valence-electron chi connectivity index (χ4n) is 3.45. The molecule has 0 saturated carbocycles. The van der Waals surface area contributed by atoms with Crippen molar-refractivity contribution in [3.05, 3.63) is 97.4 Å². The minimum atomic E-state index is -0.432. The summed E-state index contributed by atoms with van der Waals surface area (Å²) in [6.45, 7) is 1.83. The Labute approximate surface area is 209 Å². The summed E-state index contributed by atoms with van der Waals surface area (Å²) < 4.78 is 12.2. The number of fused-ring (bicyclic) bond motifs is 1. The fourth-order valence-corrected chi connectivity index (χ4v) is 4.86. The van der Waals surface area contributed by atoms with E-state index in [-0.39, 0.29) is 12.3 Å². The number of halogens is 1. The molecule has 178 valence electrons. The van der Waals surface area contributed by atoms with Crippen molar-refractivity contribution in [1.82, 2.24) is 5.43 Å². The predicted molar refractivity (Wildman–Crippen MR) is 137 cm³/mol. The quantitative estimate of drug-likeness (QED) is 0.175. The van der Waals surface area contributed by atoms with E-state index in [1.807, 2.05) is 30.3 Å². The molecule has 1 aromatic heterocycles. The first-order valence-corrected chi connectivity index (χ1v) is 11.6. The maximum absolute atomic E-state index is 12.6. The third kappa shape index (κ3) is 5.42. The normalized spacial score (nSPS) is 11.1. The van der Waals surface area contributed by atoms with Crippen molar-refractivity contribution >= 4 is 50.8 Å². The Morgan fingerprint density at radius 2 is 2.00 bits per heavy atom. The Kier molecular flexibility index (Phi) is 7.28. The maximum Gasteiger partial charge on any atom is 0.283 e. The van der Waals surface area contributed by atoms with Crippen molar-refractivity contribution in [3.63, 3.8) is 0 Å². The molecule has 0 aliphatic carbocycles. The number of thiophene rings is 1. The van der Waals surface area contributed by atoms with Gasteiger partial charge in [0.1, 0.15) is 23.0 Å². The Balaban J connectivity index is 1.45. The first kappa shape index (κ1) is 24.2. The number of nitrogens with one attached hydrogen (secondary N) is 1. The molecule has 0 spiro atoms. The minimum Gasteiger partial charge on any atom is -0.496 e. The molecule has 4 aromatic rings. The van der Waals surface area contributed by atoms with Crippen molar-refractivity contribution in [2.75, 3.05) is 7.11 Å². The lowest BCUT2D eigenvalue weighted by Crippen LogP contribution is -2.16. The number of carbonyl (C=O) groups excluding carboxylic acids is 1. The van der Waals surface area contributed by atoms with Gasteiger partial charge in [-0.3, -0.25) is 14.9 Å². The second-order valence-corrected chi connectivity index (χ2v) is 8.94. The molecule has 1 amide bonds. The number of carbonyl (C=O) groups is 1. The summed E-state index contributed by atoms with van der Waals surface area (Å²) in [7, 11) is 1.55. The number of methoxy groups -OCH3 is 1. The maximum atomic E-state index is 12.6. The molecule has 0 bridgehead atoms. The van der Waals surface area contributed by atoms with Gasteiger partial charge in [-0.1, -0.05) is 29.8 Å². The van der Waals surface area contributed by atoms with Gasteiger partial charge in [-0.25, -0.2) is 5.43 Å². The van der Waals surface area contributed by atoms with Gasteiger partial charge in [-0.05, 0) is 48.9 Å². The first-order chi connectivity index (χ1) is 16.9. The summed E-state index contributed by atoms with van der Waals surface area (Å²) in [6, 6.07) is 17.5. The lowest BCUT2D eigenvalue weighted by atomic mass is 10.1. The summed E-state index contributed by atoms with van der Waals surface area (Å²) in [5.41, 5.74) is 4.51. The third-order valence-electron chi connectivity index (χ3n) is 5.18. The van der Waals surface area contributed by atoms with Gasteiger partial charge in [0.15, 0.2) is 0 Å². The van der Waals surface area contributed by atoms with Crippen LogP contribution in [0.4, 0.5) is 5.69 Å². The Hall–Kier alpha value is -3.95. The van der Waals surface area contributed by atoms with E-state index in [1.165, 1.54) is 23.6 Å². The van der Waals surface area contributed by atoms with E-state index >= 15 is 0 Å². The topological polar surface area (TPSA) is 103 Å². The highest BCUT2D eigenvalue weighted by molar-refractivity contribution is 7.21. The molecule has 8 nitrogen and oxygen atoms in total. The van der Waals surface area contributed by atoms with Gasteiger partial charge in [0, 0.05) is 27.3 Å². The van der Waals surface area contributed by atoms with Crippen molar-refractivity contribution in [2.45, 2.75) is 13.5 Å². The van der Waals surface area contributed by atoms with Crippen LogP contribution >= 0.6 is 22.9 Å². The SMILES string of the molecule is COc1ccc(C=NNC(=O)c2sc3ccccc3c2Cl)cc1COc1ccc([N+](=O)[O-])c(C)c1. The molecule has 0 aliphatic heterocycles. The van der Waals surface area contributed by atoms with Gasteiger partial charge >= 0.3 is 0 Å². The number of benzene rings is 3. The van der Waals surface area contributed by atoms with E-state index in [2.05, 4.69) is 10.5 Å². The number of rotatable bonds is 8. The van der Waals surface area contributed by atoms with Gasteiger partial charge in [-0.2, -0.15) is 5.10 Å². The van der Waals surface area contributed by atoms with Crippen molar-refractivity contribution in [1.29, 1.82) is 0 Å². The van der Waals surface area contributed by atoms with Gasteiger partial charge in [0.2, 0.25) is 0 Å². The summed E-state index contributed by atoms with van der Waals surface area (Å²) >= 11 is 7.66. The van der Waals surface area contributed by atoms with Crippen molar-refractivity contribution in [3.8, 4) is 11.5 Å². The fraction of sp³-hybridized carbons (Fsp3) is 0.120. The summed E-state index contributed by atoms with van der Waals surface area (Å²) in [5, 5.41) is 16.3. The smallest absolute Gasteiger partial charge is 0.283 e. The zero-order valence-electron chi connectivity index (χ0n) is 18.8. The number of nitro groups is 1. The zero-order valence-corrected chi connectivity index (χ0v) is 20.4. The molecular formula is C25H20ClN3O5S. The van der Waals surface area contributed by atoms with Crippen LogP contribution in [0.1, 0.15) is 26.4 Å². The van der Waals surface area contributed by atoms with Gasteiger partial charge in [0.05, 0.1) is 23.3 Å². The molecule has 4 rings (SSSR count). The van der Waals surface area contributed by atoms with E-state index in [9.17, 15) is 14.9 Å². The molecule has 0 aliphatic rings. The zero-order chi connectivity index (χ0) is 24.9. The van der Waals surface area contributed by atoms with Gasteiger partial charge in [-0.15, -0.1) is 11.3 Å². The Morgan fingerprint density at radius 3 is 2.71 bits per heavy atom. The largest absolute Gasteiger partial charge is 0.496 e. The van der Waals surface area contributed by atoms with Crippen LogP contribution in [0.5, 0.6) is 11.5 Å². The van der Waals surface area contributed by atoms with E-state index in [1.54, 1.807) is 38.3 Å². The monoisotopic (exact) mass is 509 g/mol. The molecule has 1 N–H and O–H groups in total. The van der Waals surface area contributed by atoms with E-state index in [4.69, 9.17) is 21.1 Å². The Bertz CT molecular complexity index is 1450. The highest BCUT2D eigenvalue weighted by atomic mass is 35.5. The van der Waals surface area contributed by atoms with Crippen LogP contribution in [-0.4, -0.2) is 24.2 Å². The number of hydrazone groups is 1. The average Bonchev–Trinajstić information content (AvgIpc) is 3.19. The molecule has 0 atom stereocenters. The van der Waals surface area contributed by atoms with E-state index in [0.29, 0.717) is 32.5 Å². The highest BCUT2D eigenvalue weighted by Crippen LogP contribution is 2.35. The van der Waals surface area contributed by atoms with Crippen molar-refractivity contribution < 1.29 is 19.2 Å². The van der Waals surface area contributed by atoms with Crippen LogP contribution in [0.2, 0.25) is 5.02 Å². The molecule has 0 unspecified atom stereocenters. The van der Waals surface area contributed by atoms with Crippen LogP contribution in [0.25, 0.3) is 10.1 Å². The number of aryl methyl sites for hydroxylation is 1. The lowest BCUT2D eigenvalue weighted by molar-refractivity contribution is -0.385. The standard InChI is InChI=1S/C25H20ClN3O5S/c1-15-11-18(8-9-20(15)29(31)32)34-14-17-12-16(7-10-21(17)33-2)13-27-28-25(30)24-23(26)19-5-3-4-6-22(19)35-24/h3-13H,14H2,1-2H3,(H,28,30). The molecule has 0 fully saturated rings. The molecule has 3 aromatic carbocycles. The summed E-state index contributed by atoms with van der Waals surface area (Å²) in [6.07, 6.45) is 1.51. The average molecular weight is 510 g/mol. The highest BCUT2D eigenvalue weighted by Gasteiger charge is 2.16. The summed E-state index contributed by atoms with van der Waals surface area (Å²) in [4.78, 5) is 23.5. The molecular weight excluding hydrogens is 490 g/mol. The number of hydrogen-bond donors (Lipinski definition) is 1. The van der Waals surface area contributed by atoms with E-state index < -0.39 is 10.8 Å². The third-order valence-corrected chi connectivity index (χ3v) is 6.86.